The summed E-state index contributed by atoms with van der Waals surface area (Å²) in [4.78, 5) is 11.1. The maximum atomic E-state index is 11.1. The van der Waals surface area contributed by atoms with Crippen molar-refractivity contribution in [3.8, 4) is 11.5 Å². The standard InChI is InChI=1S/C14H21NO.C14H14O/c1-10(2)12-7-6-8-13(9-12)14(4,5)15-11(3)16;1-2-12-8-10-14(11-9-12)15-13-6-4-3-5-7-13/h6-10H,1-5H3,(H,15,16);3-11H,2H2,1H3. The van der Waals surface area contributed by atoms with Crippen LogP contribution in [0.15, 0.2) is 78.9 Å². The third kappa shape index (κ3) is 7.93. The van der Waals surface area contributed by atoms with Crippen molar-refractivity contribution in [1.82, 2.24) is 5.32 Å². The summed E-state index contributed by atoms with van der Waals surface area (Å²) in [7, 11) is 0. The van der Waals surface area contributed by atoms with Crippen molar-refractivity contribution in [1.29, 1.82) is 0 Å². The summed E-state index contributed by atoms with van der Waals surface area (Å²) in [6.45, 7) is 12.1. The number of amides is 1. The second-order valence-electron chi connectivity index (χ2n) is 8.50. The first-order valence-electron chi connectivity index (χ1n) is 10.9. The van der Waals surface area contributed by atoms with Gasteiger partial charge in [-0.25, -0.2) is 0 Å². The highest BCUT2D eigenvalue weighted by Gasteiger charge is 2.21. The molecule has 0 fully saturated rings. The molecular formula is C28H35NO2. The van der Waals surface area contributed by atoms with Crippen molar-refractivity contribution in [2.45, 2.75) is 59.4 Å². The van der Waals surface area contributed by atoms with E-state index in [0.717, 1.165) is 23.5 Å². The van der Waals surface area contributed by atoms with Crippen LogP contribution in [-0.2, 0) is 16.8 Å². The van der Waals surface area contributed by atoms with E-state index in [2.05, 4.69) is 56.4 Å². The van der Waals surface area contributed by atoms with Gasteiger partial charge in [0, 0.05) is 6.92 Å². The lowest BCUT2D eigenvalue weighted by atomic mass is 9.90. The average Bonchev–Trinajstić information content (AvgIpc) is 2.75. The molecule has 0 unspecified atom stereocenters. The van der Waals surface area contributed by atoms with Crippen LogP contribution in [0.1, 0.15) is 64.2 Å². The third-order valence-corrected chi connectivity index (χ3v) is 5.07. The maximum Gasteiger partial charge on any atom is 0.217 e. The molecule has 1 N–H and O–H groups in total. The predicted molar refractivity (Wildman–Crippen MR) is 130 cm³/mol. The normalized spacial score (nSPS) is 10.8. The minimum absolute atomic E-state index is 0.0000463. The fourth-order valence-corrected chi connectivity index (χ4v) is 3.22. The van der Waals surface area contributed by atoms with Crippen LogP contribution in [0, 0.1) is 0 Å². The van der Waals surface area contributed by atoms with E-state index >= 15 is 0 Å². The highest BCUT2D eigenvalue weighted by molar-refractivity contribution is 5.74. The molecule has 0 saturated heterocycles. The molecule has 0 heterocycles. The second kappa shape index (κ2) is 11.4. The van der Waals surface area contributed by atoms with Crippen molar-refractivity contribution in [2.75, 3.05) is 0 Å². The molecule has 31 heavy (non-hydrogen) atoms. The second-order valence-corrected chi connectivity index (χ2v) is 8.50. The quantitative estimate of drug-likeness (QED) is 0.460. The molecule has 1 amide bonds. The zero-order valence-corrected chi connectivity index (χ0v) is 19.6. The Balaban J connectivity index is 0.000000220. The summed E-state index contributed by atoms with van der Waals surface area (Å²) in [6.07, 6.45) is 1.06. The van der Waals surface area contributed by atoms with Crippen molar-refractivity contribution in [3.05, 3.63) is 95.6 Å². The molecule has 164 valence electrons. The predicted octanol–water partition coefficient (Wildman–Crippen LogP) is 7.22. The molecule has 0 spiro atoms. The smallest absolute Gasteiger partial charge is 0.217 e. The fourth-order valence-electron chi connectivity index (χ4n) is 3.22. The number of carbonyl (C=O) groups excluding carboxylic acids is 1. The number of rotatable bonds is 6. The minimum atomic E-state index is -0.309. The highest BCUT2D eigenvalue weighted by atomic mass is 16.5. The molecule has 0 saturated carbocycles. The number of para-hydroxylation sites is 1. The Kier molecular flexibility index (Phi) is 8.87. The minimum Gasteiger partial charge on any atom is -0.457 e. The number of hydrogen-bond acceptors (Lipinski definition) is 2. The van der Waals surface area contributed by atoms with Gasteiger partial charge in [0.2, 0.25) is 5.91 Å². The Hall–Kier alpha value is -3.07. The molecule has 0 aliphatic rings. The average molecular weight is 418 g/mol. The Morgan fingerprint density at radius 1 is 0.903 bits per heavy atom. The van der Waals surface area contributed by atoms with Gasteiger partial charge in [0.15, 0.2) is 0 Å². The van der Waals surface area contributed by atoms with E-state index in [0.29, 0.717) is 5.92 Å². The molecule has 0 aromatic heterocycles. The molecule has 3 nitrogen and oxygen atoms in total. The van der Waals surface area contributed by atoms with Crippen LogP contribution < -0.4 is 10.1 Å². The van der Waals surface area contributed by atoms with Gasteiger partial charge in [-0.15, -0.1) is 0 Å². The lowest BCUT2D eigenvalue weighted by Crippen LogP contribution is -2.39. The lowest BCUT2D eigenvalue weighted by Gasteiger charge is -2.27. The van der Waals surface area contributed by atoms with Crippen LogP contribution >= 0.6 is 0 Å². The van der Waals surface area contributed by atoms with Crippen LogP contribution in [0.3, 0.4) is 0 Å². The van der Waals surface area contributed by atoms with Gasteiger partial charge < -0.3 is 10.1 Å². The van der Waals surface area contributed by atoms with Gasteiger partial charge in [0.25, 0.3) is 0 Å². The number of aryl methyl sites for hydroxylation is 1. The first kappa shape index (κ1) is 24.2. The molecule has 3 heteroatoms. The SMILES string of the molecule is CC(=O)NC(C)(C)c1cccc(C(C)C)c1.CCc1ccc(Oc2ccccc2)cc1. The third-order valence-electron chi connectivity index (χ3n) is 5.07. The summed E-state index contributed by atoms with van der Waals surface area (Å²) >= 11 is 0. The summed E-state index contributed by atoms with van der Waals surface area (Å²) in [5.41, 5.74) is 3.47. The summed E-state index contributed by atoms with van der Waals surface area (Å²) in [6, 6.07) is 26.4. The first-order chi connectivity index (χ1) is 14.7. The molecule has 0 atom stereocenters. The van der Waals surface area contributed by atoms with Gasteiger partial charge in [-0.05, 0) is 67.1 Å². The Morgan fingerprint density at radius 2 is 1.52 bits per heavy atom. The molecule has 0 bridgehead atoms. The number of hydrogen-bond donors (Lipinski definition) is 1. The van der Waals surface area contributed by atoms with Crippen LogP contribution in [0.5, 0.6) is 11.5 Å². The first-order valence-corrected chi connectivity index (χ1v) is 10.9. The Labute approximate surface area is 187 Å². The molecule has 0 aliphatic carbocycles. The van der Waals surface area contributed by atoms with Crippen LogP contribution in [0.4, 0.5) is 0 Å². The van der Waals surface area contributed by atoms with Gasteiger partial charge in [0.1, 0.15) is 11.5 Å². The monoisotopic (exact) mass is 417 g/mol. The van der Waals surface area contributed by atoms with E-state index in [-0.39, 0.29) is 11.4 Å². The Bertz CT molecular complexity index is 944. The van der Waals surface area contributed by atoms with E-state index in [1.165, 1.54) is 11.1 Å². The van der Waals surface area contributed by atoms with E-state index in [9.17, 15) is 4.79 Å². The van der Waals surface area contributed by atoms with Gasteiger partial charge >= 0.3 is 0 Å². The molecule has 0 aliphatic heterocycles. The Morgan fingerprint density at radius 3 is 2.06 bits per heavy atom. The topological polar surface area (TPSA) is 38.3 Å². The van der Waals surface area contributed by atoms with E-state index < -0.39 is 0 Å². The number of nitrogens with one attached hydrogen (secondary N) is 1. The molecule has 3 rings (SSSR count). The van der Waals surface area contributed by atoms with E-state index in [4.69, 9.17) is 4.74 Å². The molecule has 3 aromatic rings. The van der Waals surface area contributed by atoms with Gasteiger partial charge in [-0.2, -0.15) is 0 Å². The molecule has 0 radical (unpaired) electrons. The fraction of sp³-hybridized carbons (Fsp3) is 0.321. The van der Waals surface area contributed by atoms with Gasteiger partial charge in [0.05, 0.1) is 5.54 Å². The lowest BCUT2D eigenvalue weighted by molar-refractivity contribution is -0.120. The summed E-state index contributed by atoms with van der Waals surface area (Å²) < 4.78 is 5.68. The number of ether oxygens (including phenoxy) is 1. The van der Waals surface area contributed by atoms with Crippen LogP contribution in [-0.4, -0.2) is 5.91 Å². The highest BCUT2D eigenvalue weighted by Crippen LogP contribution is 2.24. The van der Waals surface area contributed by atoms with Crippen molar-refractivity contribution >= 4 is 5.91 Å². The van der Waals surface area contributed by atoms with Crippen LogP contribution in [0.2, 0.25) is 0 Å². The maximum absolute atomic E-state index is 11.1. The van der Waals surface area contributed by atoms with E-state index in [1.54, 1.807) is 6.92 Å². The van der Waals surface area contributed by atoms with Gasteiger partial charge in [-0.3, -0.25) is 4.79 Å². The van der Waals surface area contributed by atoms with E-state index in [1.807, 2.05) is 62.4 Å². The molecule has 3 aromatic carbocycles. The summed E-state index contributed by atoms with van der Waals surface area (Å²) in [5, 5.41) is 2.96. The van der Waals surface area contributed by atoms with Crippen molar-refractivity contribution < 1.29 is 9.53 Å². The van der Waals surface area contributed by atoms with Crippen molar-refractivity contribution in [2.24, 2.45) is 0 Å². The number of carbonyl (C=O) groups is 1. The largest absolute Gasteiger partial charge is 0.457 e. The van der Waals surface area contributed by atoms with Crippen LogP contribution in [0.25, 0.3) is 0 Å². The molecular weight excluding hydrogens is 382 g/mol. The van der Waals surface area contributed by atoms with Gasteiger partial charge in [-0.1, -0.05) is 75.4 Å². The summed E-state index contributed by atoms with van der Waals surface area (Å²) in [5.74, 6) is 2.27. The van der Waals surface area contributed by atoms with Crippen molar-refractivity contribution in [3.63, 3.8) is 0 Å². The zero-order valence-electron chi connectivity index (χ0n) is 19.6. The zero-order chi connectivity index (χ0) is 22.9. The number of benzene rings is 3.